The monoisotopic (exact) mass is 287 g/mol. The van der Waals surface area contributed by atoms with E-state index in [1.165, 1.54) is 0 Å². The quantitative estimate of drug-likeness (QED) is 0.797. The van der Waals surface area contributed by atoms with Crippen molar-refractivity contribution in [3.8, 4) is 0 Å². The van der Waals surface area contributed by atoms with Gasteiger partial charge >= 0.3 is 0 Å². The van der Waals surface area contributed by atoms with Crippen LogP contribution in [0.15, 0.2) is 18.2 Å². The van der Waals surface area contributed by atoms with Crippen LogP contribution in [0.3, 0.4) is 0 Å². The molecule has 2 aliphatic heterocycles. The number of hydrogen-bond donors (Lipinski definition) is 3. The van der Waals surface area contributed by atoms with Crippen LogP contribution >= 0.6 is 0 Å². The molecule has 3 rings (SSSR count). The standard InChI is InChI=1S/C16H21N3O2/c1-2-16(8-3-9-17-16)15(21)18-12-5-6-13-11(10-12)4-7-14(20)19-13/h5-6,10,17H,2-4,7-9H2,1H3,(H,18,21)(H,19,20). The van der Waals surface area contributed by atoms with E-state index in [0.717, 1.165) is 49.2 Å². The first-order chi connectivity index (χ1) is 10.1. The van der Waals surface area contributed by atoms with Crippen LogP contribution in [-0.2, 0) is 16.0 Å². The fourth-order valence-electron chi connectivity index (χ4n) is 3.17. The summed E-state index contributed by atoms with van der Waals surface area (Å²) in [6, 6.07) is 5.67. The Morgan fingerprint density at radius 3 is 2.95 bits per heavy atom. The highest BCUT2D eigenvalue weighted by Crippen LogP contribution is 2.28. The molecule has 1 aromatic rings. The molecule has 5 nitrogen and oxygen atoms in total. The van der Waals surface area contributed by atoms with Crippen molar-refractivity contribution in [1.29, 1.82) is 0 Å². The van der Waals surface area contributed by atoms with Crippen LogP contribution in [0.2, 0.25) is 0 Å². The van der Waals surface area contributed by atoms with Crippen LogP contribution in [0.25, 0.3) is 0 Å². The molecule has 2 amide bonds. The summed E-state index contributed by atoms with van der Waals surface area (Å²) in [5, 5.41) is 9.21. The summed E-state index contributed by atoms with van der Waals surface area (Å²) < 4.78 is 0. The van der Waals surface area contributed by atoms with Crippen molar-refractivity contribution in [2.45, 2.75) is 44.6 Å². The fourth-order valence-corrected chi connectivity index (χ4v) is 3.17. The summed E-state index contributed by atoms with van der Waals surface area (Å²) in [6.07, 6.45) is 3.94. The third kappa shape index (κ3) is 2.65. The van der Waals surface area contributed by atoms with Gasteiger partial charge in [0.1, 0.15) is 0 Å². The first-order valence-electron chi connectivity index (χ1n) is 7.62. The molecule has 0 bridgehead atoms. The Morgan fingerprint density at radius 1 is 1.38 bits per heavy atom. The number of amides is 2. The largest absolute Gasteiger partial charge is 0.326 e. The van der Waals surface area contributed by atoms with Gasteiger partial charge < -0.3 is 16.0 Å². The molecule has 2 heterocycles. The Morgan fingerprint density at radius 2 is 2.24 bits per heavy atom. The van der Waals surface area contributed by atoms with Crippen LogP contribution < -0.4 is 16.0 Å². The zero-order chi connectivity index (χ0) is 14.9. The number of nitrogens with one attached hydrogen (secondary N) is 3. The number of carbonyl (C=O) groups is 2. The lowest BCUT2D eigenvalue weighted by molar-refractivity contribution is -0.122. The molecule has 1 saturated heterocycles. The smallest absolute Gasteiger partial charge is 0.244 e. The van der Waals surface area contributed by atoms with E-state index in [4.69, 9.17) is 0 Å². The van der Waals surface area contributed by atoms with Crippen molar-refractivity contribution in [3.05, 3.63) is 23.8 Å². The van der Waals surface area contributed by atoms with E-state index in [9.17, 15) is 9.59 Å². The van der Waals surface area contributed by atoms with Gasteiger partial charge in [-0.2, -0.15) is 0 Å². The van der Waals surface area contributed by atoms with E-state index in [1.807, 2.05) is 25.1 Å². The molecule has 1 unspecified atom stereocenters. The number of benzene rings is 1. The lowest BCUT2D eigenvalue weighted by atomic mass is 9.93. The molecule has 0 spiro atoms. The van der Waals surface area contributed by atoms with Gasteiger partial charge in [-0.05, 0) is 56.0 Å². The lowest BCUT2D eigenvalue weighted by Crippen LogP contribution is -2.50. The van der Waals surface area contributed by atoms with Crippen molar-refractivity contribution < 1.29 is 9.59 Å². The van der Waals surface area contributed by atoms with E-state index < -0.39 is 5.54 Å². The highest BCUT2D eigenvalue weighted by Gasteiger charge is 2.39. The van der Waals surface area contributed by atoms with Gasteiger partial charge in [-0.1, -0.05) is 6.92 Å². The summed E-state index contributed by atoms with van der Waals surface area (Å²) in [6.45, 7) is 2.94. The lowest BCUT2D eigenvalue weighted by Gasteiger charge is -2.27. The van der Waals surface area contributed by atoms with Gasteiger partial charge in [0.05, 0.1) is 5.54 Å². The van der Waals surface area contributed by atoms with E-state index in [2.05, 4.69) is 16.0 Å². The van der Waals surface area contributed by atoms with Crippen molar-refractivity contribution in [1.82, 2.24) is 5.32 Å². The predicted molar refractivity (Wildman–Crippen MR) is 82.3 cm³/mol. The maximum Gasteiger partial charge on any atom is 0.244 e. The van der Waals surface area contributed by atoms with E-state index in [0.29, 0.717) is 6.42 Å². The minimum atomic E-state index is -0.426. The summed E-state index contributed by atoms with van der Waals surface area (Å²) in [5.74, 6) is 0.0988. The number of aryl methyl sites for hydroxylation is 1. The summed E-state index contributed by atoms with van der Waals surface area (Å²) >= 11 is 0. The van der Waals surface area contributed by atoms with Crippen LogP contribution in [0.5, 0.6) is 0 Å². The van der Waals surface area contributed by atoms with E-state index in [-0.39, 0.29) is 11.8 Å². The van der Waals surface area contributed by atoms with Crippen LogP contribution in [0, 0.1) is 0 Å². The minimum Gasteiger partial charge on any atom is -0.326 e. The Bertz CT molecular complexity index is 577. The third-order valence-corrected chi connectivity index (χ3v) is 4.54. The highest BCUT2D eigenvalue weighted by atomic mass is 16.2. The average molecular weight is 287 g/mol. The second-order valence-electron chi connectivity index (χ2n) is 5.84. The molecule has 5 heteroatoms. The van der Waals surface area contributed by atoms with Gasteiger partial charge in [-0.25, -0.2) is 0 Å². The Hall–Kier alpha value is -1.88. The molecule has 0 saturated carbocycles. The molecule has 1 atom stereocenters. The Balaban J connectivity index is 1.76. The molecule has 0 aromatic heterocycles. The molecule has 1 aromatic carbocycles. The molecule has 0 radical (unpaired) electrons. The van der Waals surface area contributed by atoms with E-state index in [1.54, 1.807) is 0 Å². The van der Waals surface area contributed by atoms with Crippen molar-refractivity contribution in [2.24, 2.45) is 0 Å². The van der Waals surface area contributed by atoms with Crippen LogP contribution in [0.4, 0.5) is 11.4 Å². The van der Waals surface area contributed by atoms with E-state index >= 15 is 0 Å². The Labute approximate surface area is 124 Å². The number of anilines is 2. The normalized spacial score (nSPS) is 24.3. The van der Waals surface area contributed by atoms with Gasteiger partial charge in [0.2, 0.25) is 11.8 Å². The summed E-state index contributed by atoms with van der Waals surface area (Å²) in [4.78, 5) is 23.9. The minimum absolute atomic E-state index is 0.0438. The van der Waals surface area contributed by atoms with Crippen LogP contribution in [0.1, 0.15) is 38.2 Å². The second kappa shape index (κ2) is 5.48. The maximum atomic E-state index is 12.5. The van der Waals surface area contributed by atoms with Crippen molar-refractivity contribution in [3.63, 3.8) is 0 Å². The predicted octanol–water partition coefficient (Wildman–Crippen LogP) is 2.04. The maximum absolute atomic E-state index is 12.5. The number of rotatable bonds is 3. The molecular weight excluding hydrogens is 266 g/mol. The molecule has 3 N–H and O–H groups in total. The summed E-state index contributed by atoms with van der Waals surface area (Å²) in [7, 11) is 0. The molecular formula is C16H21N3O2. The zero-order valence-corrected chi connectivity index (χ0v) is 12.3. The fraction of sp³-hybridized carbons (Fsp3) is 0.500. The van der Waals surface area contributed by atoms with Gasteiger partial charge in [-0.3, -0.25) is 9.59 Å². The highest BCUT2D eigenvalue weighted by molar-refractivity contribution is 5.99. The third-order valence-electron chi connectivity index (χ3n) is 4.54. The molecule has 2 aliphatic rings. The van der Waals surface area contributed by atoms with Gasteiger partial charge in [0.25, 0.3) is 0 Å². The number of carbonyl (C=O) groups excluding carboxylic acids is 2. The topological polar surface area (TPSA) is 70.2 Å². The molecule has 21 heavy (non-hydrogen) atoms. The number of hydrogen-bond acceptors (Lipinski definition) is 3. The number of fused-ring (bicyclic) bond motifs is 1. The van der Waals surface area contributed by atoms with Gasteiger partial charge in [-0.15, -0.1) is 0 Å². The van der Waals surface area contributed by atoms with Gasteiger partial charge in [0.15, 0.2) is 0 Å². The van der Waals surface area contributed by atoms with Crippen molar-refractivity contribution >= 4 is 23.2 Å². The summed E-state index contributed by atoms with van der Waals surface area (Å²) in [5.41, 5.74) is 2.31. The Kier molecular flexibility index (Phi) is 3.68. The van der Waals surface area contributed by atoms with Crippen LogP contribution in [-0.4, -0.2) is 23.9 Å². The average Bonchev–Trinajstić information content (AvgIpc) is 2.97. The van der Waals surface area contributed by atoms with Gasteiger partial charge in [0, 0.05) is 17.8 Å². The van der Waals surface area contributed by atoms with Crippen molar-refractivity contribution in [2.75, 3.05) is 17.2 Å². The zero-order valence-electron chi connectivity index (χ0n) is 12.3. The molecule has 0 aliphatic carbocycles. The second-order valence-corrected chi connectivity index (χ2v) is 5.84. The SMILES string of the molecule is CCC1(C(=O)Nc2ccc3c(c2)CCC(=O)N3)CCCN1. The first-order valence-corrected chi connectivity index (χ1v) is 7.62. The first kappa shape index (κ1) is 14.1. The molecule has 112 valence electrons. The molecule has 1 fully saturated rings.